The lowest BCUT2D eigenvalue weighted by atomic mass is 10.0. The quantitative estimate of drug-likeness (QED) is 0.212. The Labute approximate surface area is 243 Å². The Morgan fingerprint density at radius 2 is 1.98 bits per heavy atom. The molecule has 4 rings (SSSR count). The summed E-state index contributed by atoms with van der Waals surface area (Å²) in [6.07, 6.45) is 1.57. The third kappa shape index (κ3) is 6.12. The van der Waals surface area contributed by atoms with Crippen molar-refractivity contribution in [3.63, 3.8) is 0 Å². The van der Waals surface area contributed by atoms with E-state index in [1.54, 1.807) is 57.3 Å². The molecule has 0 radical (unpaired) electrons. The average Bonchev–Trinajstić information content (AvgIpc) is 3.39. The van der Waals surface area contributed by atoms with Crippen molar-refractivity contribution in [3.05, 3.63) is 58.8 Å². The number of tetrazole rings is 1. The van der Waals surface area contributed by atoms with Crippen LogP contribution >= 0.6 is 23.5 Å². The average molecular weight is 601 g/mol. The Kier molecular flexibility index (Phi) is 9.12. The van der Waals surface area contributed by atoms with Crippen LogP contribution in [0.2, 0.25) is 0 Å². The van der Waals surface area contributed by atoms with Crippen molar-refractivity contribution >= 4 is 53.2 Å². The van der Waals surface area contributed by atoms with Crippen LogP contribution in [-0.2, 0) is 26.2 Å². The second-order valence-corrected chi connectivity index (χ2v) is 11.2. The molecule has 16 heteroatoms. The van der Waals surface area contributed by atoms with E-state index in [0.29, 0.717) is 27.6 Å². The van der Waals surface area contributed by atoms with Crippen molar-refractivity contribution in [1.82, 2.24) is 40.6 Å². The van der Waals surface area contributed by atoms with Crippen LogP contribution in [0.4, 0.5) is 4.79 Å². The van der Waals surface area contributed by atoms with Crippen LogP contribution in [0.25, 0.3) is 0 Å². The number of fused-ring (bicyclic) bond motifs is 1. The molecule has 0 aliphatic carbocycles. The van der Waals surface area contributed by atoms with E-state index in [1.165, 1.54) is 40.2 Å². The molecular formula is C25H28N8O6S2. The Balaban J connectivity index is 1.50. The van der Waals surface area contributed by atoms with E-state index in [9.17, 15) is 29.1 Å². The molecule has 0 spiro atoms. The summed E-state index contributed by atoms with van der Waals surface area (Å²) in [6, 6.07) is 5.36. The number of nitrogens with one attached hydrogen (secondary N) is 2. The number of carboxylic acids is 1. The van der Waals surface area contributed by atoms with Crippen LogP contribution < -0.4 is 10.6 Å². The van der Waals surface area contributed by atoms with Gasteiger partial charge in [-0.3, -0.25) is 24.2 Å². The number of carboxylic acid groups (broad SMARTS) is 1. The second kappa shape index (κ2) is 12.6. The number of aliphatic carboxylic acids is 1. The van der Waals surface area contributed by atoms with Crippen molar-refractivity contribution in [1.29, 1.82) is 0 Å². The van der Waals surface area contributed by atoms with Gasteiger partial charge < -0.3 is 15.7 Å². The first-order valence-corrected chi connectivity index (χ1v) is 14.4. The fourth-order valence-corrected chi connectivity index (χ4v) is 6.51. The number of benzene rings is 1. The molecule has 41 heavy (non-hydrogen) atoms. The number of urea groups is 1. The molecule has 5 amide bonds. The lowest BCUT2D eigenvalue weighted by Crippen LogP contribution is -2.71. The number of β-lactam (4-membered cyclic amide) rings is 1. The zero-order valence-corrected chi connectivity index (χ0v) is 24.2. The Bertz CT molecular complexity index is 1440. The van der Waals surface area contributed by atoms with Gasteiger partial charge in [-0.2, -0.15) is 0 Å². The van der Waals surface area contributed by atoms with E-state index in [0.717, 1.165) is 4.90 Å². The van der Waals surface area contributed by atoms with Gasteiger partial charge in [0.25, 0.3) is 11.8 Å². The molecule has 3 atom stereocenters. The number of likely N-dealkylation sites (N-methyl/N-ethyl adjacent to an activating group) is 1. The highest BCUT2D eigenvalue weighted by Crippen LogP contribution is 2.41. The van der Waals surface area contributed by atoms with Crippen molar-refractivity contribution in [2.24, 2.45) is 7.05 Å². The molecule has 14 nitrogen and oxygen atoms in total. The number of hydrogen-bond donors (Lipinski definition) is 3. The summed E-state index contributed by atoms with van der Waals surface area (Å²) < 4.78 is 1.46. The third-order valence-electron chi connectivity index (χ3n) is 6.55. The zero-order valence-electron chi connectivity index (χ0n) is 22.6. The molecule has 2 aliphatic heterocycles. The van der Waals surface area contributed by atoms with Gasteiger partial charge >= 0.3 is 12.0 Å². The summed E-state index contributed by atoms with van der Waals surface area (Å²) in [5.41, 5.74) is 1.19. The van der Waals surface area contributed by atoms with Gasteiger partial charge in [0.1, 0.15) is 23.2 Å². The first-order chi connectivity index (χ1) is 19.5. The van der Waals surface area contributed by atoms with Gasteiger partial charge in [0, 0.05) is 31.2 Å². The number of aryl methyl sites for hydroxylation is 1. The molecule has 216 valence electrons. The normalized spacial score (nSPS) is 19.2. The standard InChI is InChI=1S/C25H28N8O6S2/c1-5-13(2)20(35)31(3)24(39)27-16(14-9-7-6-8-10-14)19(34)26-17-21(36)33-18(23(37)38)15(11-40-22(17)33)12-41-25-28-29-30-32(25)4/h5-10,16-17,22H,11-12H2,1-4H3,(H,26,34)(H,27,39)(H,37,38)/b13-5+/t16-,17?,22-/m1/s1. The van der Waals surface area contributed by atoms with Gasteiger partial charge in [0.05, 0.1) is 0 Å². The van der Waals surface area contributed by atoms with Crippen molar-refractivity contribution in [2.45, 2.75) is 36.5 Å². The topological polar surface area (TPSA) is 180 Å². The Hall–Kier alpha value is -4.18. The molecular weight excluding hydrogens is 572 g/mol. The van der Waals surface area contributed by atoms with Crippen molar-refractivity contribution in [2.75, 3.05) is 18.6 Å². The molecule has 1 saturated heterocycles. The molecule has 2 aliphatic rings. The number of carbonyl (C=O) groups excluding carboxylic acids is 4. The van der Waals surface area contributed by atoms with Crippen LogP contribution in [0, 0.1) is 0 Å². The first kappa shape index (κ1) is 29.8. The first-order valence-electron chi connectivity index (χ1n) is 12.4. The summed E-state index contributed by atoms with van der Waals surface area (Å²) in [6.45, 7) is 3.24. The molecule has 2 aromatic rings. The number of carbonyl (C=O) groups is 5. The number of aromatic nitrogens is 4. The Morgan fingerprint density at radius 3 is 2.59 bits per heavy atom. The van der Waals surface area contributed by atoms with E-state index in [-0.39, 0.29) is 11.4 Å². The minimum absolute atomic E-state index is 0.126. The van der Waals surface area contributed by atoms with Gasteiger partial charge in [-0.15, -0.1) is 16.9 Å². The summed E-state index contributed by atoms with van der Waals surface area (Å²) in [5.74, 6) is -2.46. The molecule has 0 bridgehead atoms. The number of imide groups is 1. The van der Waals surface area contributed by atoms with Crippen LogP contribution in [0.3, 0.4) is 0 Å². The van der Waals surface area contributed by atoms with Crippen LogP contribution in [0.1, 0.15) is 25.5 Å². The molecule has 1 unspecified atom stereocenters. The van der Waals surface area contributed by atoms with E-state index < -0.39 is 47.2 Å². The fraction of sp³-hybridized carbons (Fsp3) is 0.360. The predicted molar refractivity (Wildman–Crippen MR) is 149 cm³/mol. The molecule has 1 aromatic carbocycles. The number of nitrogens with zero attached hydrogens (tertiary/aromatic N) is 6. The van der Waals surface area contributed by atoms with Gasteiger partial charge in [-0.25, -0.2) is 14.3 Å². The summed E-state index contributed by atoms with van der Waals surface area (Å²) in [5, 5.41) is 26.2. The molecule has 3 N–H and O–H groups in total. The zero-order chi connectivity index (χ0) is 29.8. The lowest BCUT2D eigenvalue weighted by molar-refractivity contribution is -0.151. The second-order valence-electron chi connectivity index (χ2n) is 9.16. The van der Waals surface area contributed by atoms with Crippen molar-refractivity contribution in [3.8, 4) is 0 Å². The third-order valence-corrected chi connectivity index (χ3v) is 8.98. The number of hydrogen-bond acceptors (Lipinski definition) is 10. The number of thioether (sulfide) groups is 2. The summed E-state index contributed by atoms with van der Waals surface area (Å²) in [7, 11) is 2.96. The molecule has 3 heterocycles. The predicted octanol–water partition coefficient (Wildman–Crippen LogP) is 0.916. The Morgan fingerprint density at radius 1 is 1.27 bits per heavy atom. The molecule has 1 fully saturated rings. The lowest BCUT2D eigenvalue weighted by Gasteiger charge is -2.49. The van der Waals surface area contributed by atoms with Gasteiger partial charge in [-0.05, 0) is 35.4 Å². The molecule has 1 aromatic heterocycles. The highest BCUT2D eigenvalue weighted by atomic mass is 32.2. The van der Waals surface area contributed by atoms with E-state index >= 15 is 0 Å². The van der Waals surface area contributed by atoms with E-state index in [2.05, 4.69) is 26.2 Å². The van der Waals surface area contributed by atoms with Crippen LogP contribution in [0.15, 0.2) is 58.4 Å². The minimum atomic E-state index is -1.25. The SMILES string of the molecule is C/C=C(\C)C(=O)N(C)C(=O)N[C@@H](C(=O)NC1C(=O)N2C(C(=O)O)=C(CSc3nnnn3C)CS[C@H]12)c1ccccc1. The highest BCUT2D eigenvalue weighted by molar-refractivity contribution is 8.01. The van der Waals surface area contributed by atoms with Gasteiger partial charge in [0.2, 0.25) is 11.1 Å². The largest absolute Gasteiger partial charge is 0.477 e. The van der Waals surface area contributed by atoms with Crippen molar-refractivity contribution < 1.29 is 29.1 Å². The van der Waals surface area contributed by atoms with Gasteiger partial charge in [0.15, 0.2) is 0 Å². The summed E-state index contributed by atoms with van der Waals surface area (Å²) in [4.78, 5) is 66.2. The van der Waals surface area contributed by atoms with Crippen LogP contribution in [-0.4, -0.2) is 94.8 Å². The maximum absolute atomic E-state index is 13.5. The number of amides is 5. The maximum Gasteiger partial charge on any atom is 0.352 e. The highest BCUT2D eigenvalue weighted by Gasteiger charge is 2.54. The van der Waals surface area contributed by atoms with E-state index in [1.807, 2.05) is 0 Å². The number of rotatable bonds is 9. The van der Waals surface area contributed by atoms with Crippen LogP contribution in [0.5, 0.6) is 0 Å². The minimum Gasteiger partial charge on any atom is -0.477 e. The van der Waals surface area contributed by atoms with E-state index in [4.69, 9.17) is 0 Å². The monoisotopic (exact) mass is 600 g/mol. The fourth-order valence-electron chi connectivity index (χ4n) is 4.17. The molecule has 0 saturated carbocycles. The number of allylic oxidation sites excluding steroid dienone is 1. The maximum atomic E-state index is 13.5. The smallest absolute Gasteiger partial charge is 0.352 e. The van der Waals surface area contributed by atoms with Gasteiger partial charge in [-0.1, -0.05) is 48.2 Å². The summed E-state index contributed by atoms with van der Waals surface area (Å²) >= 11 is 2.57.